The highest BCUT2D eigenvalue weighted by molar-refractivity contribution is 9.10. The Hall–Kier alpha value is -2.07. The summed E-state index contributed by atoms with van der Waals surface area (Å²) in [7, 11) is 3.17. The van der Waals surface area contributed by atoms with Crippen LogP contribution < -0.4 is 9.47 Å². The van der Waals surface area contributed by atoms with Crippen molar-refractivity contribution in [2.24, 2.45) is 0 Å². The van der Waals surface area contributed by atoms with E-state index < -0.39 is 0 Å². The van der Waals surface area contributed by atoms with Gasteiger partial charge in [-0.1, -0.05) is 61.0 Å². The first-order valence-corrected chi connectivity index (χ1v) is 8.80. The minimum atomic E-state index is -0.0397. The van der Waals surface area contributed by atoms with Crippen molar-refractivity contribution < 1.29 is 14.3 Å². The predicted molar refractivity (Wildman–Crippen MR) is 106 cm³/mol. The summed E-state index contributed by atoms with van der Waals surface area (Å²) in [6.45, 7) is 6.45. The molecule has 0 fully saturated rings. The zero-order chi connectivity index (χ0) is 18.6. The van der Waals surface area contributed by atoms with Gasteiger partial charge in [-0.15, -0.1) is 0 Å². The van der Waals surface area contributed by atoms with E-state index in [0.717, 1.165) is 10.0 Å². The first kappa shape index (κ1) is 19.3. The molecule has 0 heterocycles. The van der Waals surface area contributed by atoms with Crippen molar-refractivity contribution in [2.45, 2.75) is 26.2 Å². The molecule has 3 nitrogen and oxygen atoms in total. The summed E-state index contributed by atoms with van der Waals surface area (Å²) < 4.78 is 11.4. The second-order valence-electron chi connectivity index (χ2n) is 6.75. The van der Waals surface area contributed by atoms with Gasteiger partial charge in [0, 0.05) is 10.0 Å². The van der Waals surface area contributed by atoms with Gasteiger partial charge in [-0.05, 0) is 40.8 Å². The van der Waals surface area contributed by atoms with Crippen LogP contribution in [-0.4, -0.2) is 20.0 Å². The molecule has 2 aromatic rings. The second-order valence-corrected chi connectivity index (χ2v) is 7.61. The van der Waals surface area contributed by atoms with Crippen molar-refractivity contribution in [3.63, 3.8) is 0 Å². The van der Waals surface area contributed by atoms with E-state index in [4.69, 9.17) is 9.47 Å². The summed E-state index contributed by atoms with van der Waals surface area (Å²) in [5, 5.41) is 0. The monoisotopic (exact) mass is 402 g/mol. The molecule has 2 rings (SSSR count). The van der Waals surface area contributed by atoms with E-state index >= 15 is 0 Å². The number of carbonyl (C=O) groups excluding carboxylic acids is 1. The molecule has 0 saturated carbocycles. The van der Waals surface area contributed by atoms with Crippen molar-refractivity contribution >= 4 is 27.8 Å². The minimum Gasteiger partial charge on any atom is -0.493 e. The van der Waals surface area contributed by atoms with Gasteiger partial charge < -0.3 is 9.47 Å². The quantitative estimate of drug-likeness (QED) is 0.477. The molecule has 0 aliphatic carbocycles. The molecular weight excluding hydrogens is 380 g/mol. The fraction of sp³-hybridized carbons (Fsp3) is 0.286. The van der Waals surface area contributed by atoms with Crippen molar-refractivity contribution in [3.8, 4) is 11.5 Å². The fourth-order valence-electron chi connectivity index (χ4n) is 2.39. The summed E-state index contributed by atoms with van der Waals surface area (Å²) in [6.07, 6.45) is 3.34. The van der Waals surface area contributed by atoms with Crippen LogP contribution in [0.25, 0.3) is 6.08 Å². The van der Waals surface area contributed by atoms with Crippen LogP contribution in [0.4, 0.5) is 0 Å². The third-order valence-corrected chi connectivity index (χ3v) is 4.64. The summed E-state index contributed by atoms with van der Waals surface area (Å²) in [6, 6.07) is 11.4. The highest BCUT2D eigenvalue weighted by Gasteiger charge is 2.14. The van der Waals surface area contributed by atoms with Gasteiger partial charge in [-0.3, -0.25) is 4.79 Å². The van der Waals surface area contributed by atoms with Gasteiger partial charge in [0.2, 0.25) is 0 Å². The maximum Gasteiger partial charge on any atom is 0.185 e. The van der Waals surface area contributed by atoms with Crippen LogP contribution in [0.5, 0.6) is 11.5 Å². The maximum absolute atomic E-state index is 12.4. The second kappa shape index (κ2) is 7.87. The molecule has 0 bridgehead atoms. The lowest BCUT2D eigenvalue weighted by Crippen LogP contribution is -2.11. The first-order chi connectivity index (χ1) is 11.8. The van der Waals surface area contributed by atoms with E-state index in [9.17, 15) is 4.79 Å². The van der Waals surface area contributed by atoms with Crippen molar-refractivity contribution in [3.05, 3.63) is 63.6 Å². The lowest BCUT2D eigenvalue weighted by molar-refractivity contribution is 0.104. The smallest absolute Gasteiger partial charge is 0.185 e. The number of benzene rings is 2. The topological polar surface area (TPSA) is 35.5 Å². The van der Waals surface area contributed by atoms with Gasteiger partial charge in [-0.2, -0.15) is 0 Å². The van der Waals surface area contributed by atoms with Gasteiger partial charge in [-0.25, -0.2) is 0 Å². The van der Waals surface area contributed by atoms with Gasteiger partial charge in [0.1, 0.15) is 0 Å². The average Bonchev–Trinajstić information content (AvgIpc) is 2.59. The number of halogens is 1. The molecule has 0 atom stereocenters. The Balaban J connectivity index is 2.23. The fourth-order valence-corrected chi connectivity index (χ4v) is 2.85. The predicted octanol–water partition coefficient (Wildman–Crippen LogP) is 5.66. The first-order valence-electron chi connectivity index (χ1n) is 8.00. The summed E-state index contributed by atoms with van der Waals surface area (Å²) >= 11 is 3.49. The van der Waals surface area contributed by atoms with E-state index in [1.807, 2.05) is 36.4 Å². The third kappa shape index (κ3) is 4.73. The SMILES string of the molecule is COc1cc(Br)c(/C=C/C(=O)c2ccc(C(C)(C)C)cc2)cc1OC. The Labute approximate surface area is 157 Å². The molecule has 0 aromatic heterocycles. The maximum atomic E-state index is 12.4. The molecule has 0 unspecified atom stereocenters. The van der Waals surface area contributed by atoms with Gasteiger partial charge in [0.15, 0.2) is 17.3 Å². The summed E-state index contributed by atoms with van der Waals surface area (Å²) in [4.78, 5) is 12.4. The van der Waals surface area contributed by atoms with Crippen molar-refractivity contribution in [1.29, 1.82) is 0 Å². The van der Waals surface area contributed by atoms with Gasteiger partial charge in [0.25, 0.3) is 0 Å². The molecule has 25 heavy (non-hydrogen) atoms. The molecule has 0 spiro atoms. The van der Waals surface area contributed by atoms with Crippen molar-refractivity contribution in [2.75, 3.05) is 14.2 Å². The normalized spacial score (nSPS) is 11.6. The van der Waals surface area contributed by atoms with E-state index in [2.05, 4.69) is 36.7 Å². The van der Waals surface area contributed by atoms with Gasteiger partial charge in [0.05, 0.1) is 14.2 Å². The molecule has 0 radical (unpaired) electrons. The molecule has 0 amide bonds. The van der Waals surface area contributed by atoms with E-state index in [1.165, 1.54) is 5.56 Å². The van der Waals surface area contributed by atoms with Crippen LogP contribution >= 0.6 is 15.9 Å². The van der Waals surface area contributed by atoms with E-state index in [1.54, 1.807) is 26.4 Å². The number of ether oxygens (including phenoxy) is 2. The molecule has 132 valence electrons. The number of hydrogen-bond donors (Lipinski definition) is 0. The number of allylic oxidation sites excluding steroid dienone is 1. The Morgan fingerprint density at radius 2 is 1.56 bits per heavy atom. The number of rotatable bonds is 5. The molecule has 0 aliphatic heterocycles. The van der Waals surface area contributed by atoms with Crippen LogP contribution in [0.3, 0.4) is 0 Å². The zero-order valence-electron chi connectivity index (χ0n) is 15.2. The highest BCUT2D eigenvalue weighted by atomic mass is 79.9. The number of ketones is 1. The Morgan fingerprint density at radius 1 is 1.00 bits per heavy atom. The largest absolute Gasteiger partial charge is 0.493 e. The average molecular weight is 403 g/mol. The van der Waals surface area contributed by atoms with Crippen LogP contribution in [0.2, 0.25) is 0 Å². The van der Waals surface area contributed by atoms with Crippen LogP contribution in [0.1, 0.15) is 42.3 Å². The molecule has 0 aliphatic rings. The summed E-state index contributed by atoms with van der Waals surface area (Å²) in [5.74, 6) is 1.21. The molecule has 0 saturated heterocycles. The Morgan fingerprint density at radius 3 is 2.08 bits per heavy atom. The number of hydrogen-bond acceptors (Lipinski definition) is 3. The number of carbonyl (C=O) groups is 1. The lowest BCUT2D eigenvalue weighted by atomic mass is 9.86. The molecular formula is C21H23BrO3. The standard InChI is InChI=1S/C21H23BrO3/c1-21(2,3)16-9-6-14(7-10-16)18(23)11-8-15-12-19(24-4)20(25-5)13-17(15)22/h6-13H,1-5H3/b11-8+. The number of methoxy groups -OCH3 is 2. The van der Waals surface area contributed by atoms with Crippen LogP contribution in [0, 0.1) is 0 Å². The Bertz CT molecular complexity index is 784. The lowest BCUT2D eigenvalue weighted by Gasteiger charge is -2.18. The van der Waals surface area contributed by atoms with Crippen LogP contribution in [-0.2, 0) is 5.41 Å². The minimum absolute atomic E-state index is 0.0397. The van der Waals surface area contributed by atoms with Crippen molar-refractivity contribution in [1.82, 2.24) is 0 Å². The van der Waals surface area contributed by atoms with Gasteiger partial charge >= 0.3 is 0 Å². The summed E-state index contributed by atoms with van der Waals surface area (Å²) in [5.41, 5.74) is 2.79. The zero-order valence-corrected chi connectivity index (χ0v) is 16.8. The van der Waals surface area contributed by atoms with E-state index in [0.29, 0.717) is 17.1 Å². The van der Waals surface area contributed by atoms with Crippen LogP contribution in [0.15, 0.2) is 46.9 Å². The van der Waals surface area contributed by atoms with E-state index in [-0.39, 0.29) is 11.2 Å². The third-order valence-electron chi connectivity index (χ3n) is 3.95. The molecule has 0 N–H and O–H groups in total. The molecule has 4 heteroatoms. The molecule has 2 aromatic carbocycles. The highest BCUT2D eigenvalue weighted by Crippen LogP contribution is 2.34. The Kier molecular flexibility index (Phi) is 6.07.